The summed E-state index contributed by atoms with van der Waals surface area (Å²) in [5.74, 6) is 0.642. The maximum Gasteiger partial charge on any atom is 0.274 e. The van der Waals surface area contributed by atoms with E-state index in [2.05, 4.69) is 25.3 Å². The Balaban J connectivity index is 1.74. The van der Waals surface area contributed by atoms with E-state index in [1.807, 2.05) is 13.0 Å². The molecule has 0 aliphatic carbocycles. The maximum atomic E-state index is 12.2. The van der Waals surface area contributed by atoms with Crippen LogP contribution in [0.2, 0.25) is 0 Å². The van der Waals surface area contributed by atoms with Crippen LogP contribution < -0.4 is 10.1 Å². The highest BCUT2D eigenvalue weighted by molar-refractivity contribution is 6.02. The number of carbonyl (C=O) groups is 1. The van der Waals surface area contributed by atoms with Gasteiger partial charge in [-0.3, -0.25) is 9.78 Å². The zero-order chi connectivity index (χ0) is 16.1. The van der Waals surface area contributed by atoms with Crippen LogP contribution in [0, 0.1) is 6.92 Å². The van der Waals surface area contributed by atoms with Crippen LogP contribution in [0.1, 0.15) is 16.2 Å². The van der Waals surface area contributed by atoms with E-state index in [0.717, 1.165) is 5.69 Å². The molecule has 0 aromatic carbocycles. The van der Waals surface area contributed by atoms with Crippen molar-refractivity contribution in [3.05, 3.63) is 66.8 Å². The van der Waals surface area contributed by atoms with Crippen molar-refractivity contribution in [1.82, 2.24) is 19.9 Å². The standard InChI is InChI=1S/C16H13N5O2/c1-11-3-2-4-15(20-11)16(22)21-12-5-13(7-17-6-12)23-14-8-18-10-19-9-14/h2-10H,1H3,(H,21,22). The van der Waals surface area contributed by atoms with Crippen LogP contribution in [0.25, 0.3) is 0 Å². The summed E-state index contributed by atoms with van der Waals surface area (Å²) in [6, 6.07) is 6.92. The topological polar surface area (TPSA) is 89.9 Å². The number of aromatic nitrogens is 4. The number of hydrogen-bond donors (Lipinski definition) is 1. The SMILES string of the molecule is Cc1cccc(C(=O)Nc2cncc(Oc3cncnc3)c2)n1. The number of aryl methyl sites for hydroxylation is 1. The fourth-order valence-corrected chi connectivity index (χ4v) is 1.88. The third kappa shape index (κ3) is 3.85. The fourth-order valence-electron chi connectivity index (χ4n) is 1.88. The van der Waals surface area contributed by atoms with Crippen molar-refractivity contribution in [2.24, 2.45) is 0 Å². The Hall–Kier alpha value is -3.35. The number of anilines is 1. The van der Waals surface area contributed by atoms with E-state index in [4.69, 9.17) is 4.74 Å². The molecule has 3 aromatic heterocycles. The number of nitrogens with one attached hydrogen (secondary N) is 1. The van der Waals surface area contributed by atoms with Gasteiger partial charge in [0.25, 0.3) is 5.91 Å². The van der Waals surface area contributed by atoms with Gasteiger partial charge in [0.1, 0.15) is 17.8 Å². The summed E-state index contributed by atoms with van der Waals surface area (Å²) < 4.78 is 5.57. The molecule has 7 nitrogen and oxygen atoms in total. The van der Waals surface area contributed by atoms with Gasteiger partial charge in [-0.1, -0.05) is 6.07 Å². The molecule has 0 radical (unpaired) electrons. The van der Waals surface area contributed by atoms with E-state index in [-0.39, 0.29) is 5.91 Å². The molecule has 3 rings (SSSR count). The molecule has 1 N–H and O–H groups in total. The van der Waals surface area contributed by atoms with Crippen molar-refractivity contribution in [3.8, 4) is 11.5 Å². The quantitative estimate of drug-likeness (QED) is 0.797. The van der Waals surface area contributed by atoms with E-state index in [1.54, 1.807) is 18.2 Å². The van der Waals surface area contributed by atoms with Gasteiger partial charge >= 0.3 is 0 Å². The number of carbonyl (C=O) groups excluding carboxylic acids is 1. The monoisotopic (exact) mass is 307 g/mol. The minimum absolute atomic E-state index is 0.310. The highest BCUT2D eigenvalue weighted by Gasteiger charge is 2.09. The predicted molar refractivity (Wildman–Crippen MR) is 83.3 cm³/mol. The molecule has 3 heterocycles. The molecule has 0 saturated carbocycles. The van der Waals surface area contributed by atoms with Crippen LogP contribution in [0.4, 0.5) is 5.69 Å². The Bertz CT molecular complexity index is 823. The first-order valence-electron chi connectivity index (χ1n) is 6.83. The first kappa shape index (κ1) is 14.6. The highest BCUT2D eigenvalue weighted by atomic mass is 16.5. The lowest BCUT2D eigenvalue weighted by atomic mass is 10.3. The summed E-state index contributed by atoms with van der Waals surface area (Å²) in [6.07, 6.45) is 7.55. The Kier molecular flexibility index (Phi) is 4.19. The van der Waals surface area contributed by atoms with Crippen LogP contribution in [0.5, 0.6) is 11.5 Å². The average molecular weight is 307 g/mol. The number of hydrogen-bond acceptors (Lipinski definition) is 6. The molecular weight excluding hydrogens is 294 g/mol. The largest absolute Gasteiger partial charge is 0.452 e. The molecule has 0 aliphatic rings. The summed E-state index contributed by atoms with van der Waals surface area (Å²) in [5.41, 5.74) is 1.62. The average Bonchev–Trinajstić information content (AvgIpc) is 2.56. The maximum absolute atomic E-state index is 12.2. The molecule has 1 amide bonds. The number of rotatable bonds is 4. The second-order valence-electron chi connectivity index (χ2n) is 4.70. The van der Waals surface area contributed by atoms with E-state index < -0.39 is 0 Å². The van der Waals surface area contributed by atoms with Crippen molar-refractivity contribution >= 4 is 11.6 Å². The molecule has 0 aliphatic heterocycles. The Morgan fingerprint density at radius 2 is 1.83 bits per heavy atom. The number of ether oxygens (including phenoxy) is 1. The van der Waals surface area contributed by atoms with E-state index in [0.29, 0.717) is 22.9 Å². The van der Waals surface area contributed by atoms with Crippen LogP contribution in [0.15, 0.2) is 55.4 Å². The van der Waals surface area contributed by atoms with Crippen LogP contribution in [0.3, 0.4) is 0 Å². The molecule has 7 heteroatoms. The molecule has 0 atom stereocenters. The van der Waals surface area contributed by atoms with Crippen molar-refractivity contribution in [1.29, 1.82) is 0 Å². The smallest absolute Gasteiger partial charge is 0.274 e. The van der Waals surface area contributed by atoms with Gasteiger partial charge in [-0.05, 0) is 19.1 Å². The van der Waals surface area contributed by atoms with E-state index >= 15 is 0 Å². The number of amides is 1. The summed E-state index contributed by atoms with van der Waals surface area (Å²) in [6.45, 7) is 1.83. The Labute approximate surface area is 132 Å². The van der Waals surface area contributed by atoms with Crippen molar-refractivity contribution in [2.45, 2.75) is 6.92 Å². The predicted octanol–water partition coefficient (Wildman–Crippen LogP) is 2.62. The molecule has 0 saturated heterocycles. The fraction of sp³-hybridized carbons (Fsp3) is 0.0625. The van der Waals surface area contributed by atoms with Crippen LogP contribution >= 0.6 is 0 Å². The van der Waals surface area contributed by atoms with Gasteiger partial charge in [-0.25, -0.2) is 15.0 Å². The zero-order valence-electron chi connectivity index (χ0n) is 12.3. The molecule has 0 fully saturated rings. The number of nitrogens with zero attached hydrogens (tertiary/aromatic N) is 4. The normalized spacial score (nSPS) is 10.1. The van der Waals surface area contributed by atoms with Gasteiger partial charge in [-0.15, -0.1) is 0 Å². The lowest BCUT2D eigenvalue weighted by Gasteiger charge is -2.08. The second kappa shape index (κ2) is 6.61. The summed E-state index contributed by atoms with van der Waals surface area (Å²) in [4.78, 5) is 28.1. The molecule has 114 valence electrons. The van der Waals surface area contributed by atoms with Gasteiger partial charge in [0.2, 0.25) is 0 Å². The molecular formula is C16H13N5O2. The van der Waals surface area contributed by atoms with Gasteiger partial charge in [0.05, 0.1) is 30.5 Å². The Morgan fingerprint density at radius 1 is 1.04 bits per heavy atom. The molecule has 23 heavy (non-hydrogen) atoms. The van der Waals surface area contributed by atoms with Crippen molar-refractivity contribution in [2.75, 3.05) is 5.32 Å². The molecule has 0 bridgehead atoms. The first-order valence-corrected chi connectivity index (χ1v) is 6.83. The second-order valence-corrected chi connectivity index (χ2v) is 4.70. The van der Waals surface area contributed by atoms with E-state index in [9.17, 15) is 4.79 Å². The van der Waals surface area contributed by atoms with Crippen LogP contribution in [-0.4, -0.2) is 25.8 Å². The summed E-state index contributed by atoms with van der Waals surface area (Å²) in [5, 5.41) is 2.74. The van der Waals surface area contributed by atoms with Crippen molar-refractivity contribution < 1.29 is 9.53 Å². The van der Waals surface area contributed by atoms with E-state index in [1.165, 1.54) is 31.1 Å². The summed E-state index contributed by atoms with van der Waals surface area (Å²) >= 11 is 0. The third-order valence-electron chi connectivity index (χ3n) is 2.86. The first-order chi connectivity index (χ1) is 11.2. The van der Waals surface area contributed by atoms with Gasteiger partial charge in [-0.2, -0.15) is 0 Å². The molecule has 3 aromatic rings. The van der Waals surface area contributed by atoms with Gasteiger partial charge < -0.3 is 10.1 Å². The van der Waals surface area contributed by atoms with Crippen molar-refractivity contribution in [3.63, 3.8) is 0 Å². The molecule has 0 spiro atoms. The third-order valence-corrected chi connectivity index (χ3v) is 2.86. The highest BCUT2D eigenvalue weighted by Crippen LogP contribution is 2.21. The van der Waals surface area contributed by atoms with Crippen LogP contribution in [-0.2, 0) is 0 Å². The zero-order valence-corrected chi connectivity index (χ0v) is 12.3. The molecule has 0 unspecified atom stereocenters. The lowest BCUT2D eigenvalue weighted by Crippen LogP contribution is -2.14. The lowest BCUT2D eigenvalue weighted by molar-refractivity contribution is 0.102. The Morgan fingerprint density at radius 3 is 2.61 bits per heavy atom. The van der Waals surface area contributed by atoms with Gasteiger partial charge in [0, 0.05) is 11.8 Å². The summed E-state index contributed by atoms with van der Waals surface area (Å²) in [7, 11) is 0. The number of pyridine rings is 2. The van der Waals surface area contributed by atoms with Gasteiger partial charge in [0.15, 0.2) is 5.75 Å². The minimum Gasteiger partial charge on any atom is -0.452 e. The minimum atomic E-state index is -0.310.